The number of rotatable bonds is 6. The fourth-order valence-corrected chi connectivity index (χ4v) is 4.71. The highest BCUT2D eigenvalue weighted by molar-refractivity contribution is 5.86. The Kier molecular flexibility index (Phi) is 6.01. The van der Waals surface area contributed by atoms with Gasteiger partial charge in [-0.05, 0) is 73.0 Å². The molecule has 0 aromatic heterocycles. The minimum absolute atomic E-state index is 0.0344. The lowest BCUT2D eigenvalue weighted by molar-refractivity contribution is 0.186. The average molecular weight is 441 g/mol. The van der Waals surface area contributed by atoms with Gasteiger partial charge in [-0.15, -0.1) is 0 Å². The molecule has 168 valence electrons. The molecule has 0 spiro atoms. The summed E-state index contributed by atoms with van der Waals surface area (Å²) in [6, 6.07) is 28.5. The number of nitrogens with one attached hydrogen (secondary N) is 1. The fraction of sp³-hybridized carbons (Fsp3) is 0.241. The Balaban J connectivity index is 1.30. The number of ether oxygens (including phenoxy) is 1. The number of hydrogen-bond donors (Lipinski definition) is 1. The van der Waals surface area contributed by atoms with E-state index < -0.39 is 0 Å². The van der Waals surface area contributed by atoms with Crippen molar-refractivity contribution in [2.45, 2.75) is 32.4 Å². The number of aryl methyl sites for hydroxylation is 1. The minimum Gasteiger partial charge on any atom is -0.486 e. The van der Waals surface area contributed by atoms with E-state index in [0.29, 0.717) is 12.2 Å². The van der Waals surface area contributed by atoms with E-state index in [0.717, 1.165) is 30.0 Å². The molecule has 0 saturated heterocycles. The second-order valence-corrected chi connectivity index (χ2v) is 8.81. The van der Waals surface area contributed by atoms with E-state index in [9.17, 15) is 4.39 Å². The van der Waals surface area contributed by atoms with Gasteiger partial charge in [0.1, 0.15) is 17.7 Å². The molecule has 1 N–H and O–H groups in total. The standard InChI is InChI=1S/C29H29FN2O/c1-20-14-15-27(26(30)18-20)32-19-23(33-29-13-6-5-12-28(29)32)16-17-31-21(2)24-11-7-9-22-8-3-4-10-25(22)24/h3-15,18,21,23,31H,16-17,19H2,1-2H3/t21-,23?/m1/s1. The highest BCUT2D eigenvalue weighted by Gasteiger charge is 2.28. The van der Waals surface area contributed by atoms with Crippen LogP contribution in [0.2, 0.25) is 0 Å². The van der Waals surface area contributed by atoms with Crippen molar-refractivity contribution in [3.8, 4) is 5.75 Å². The van der Waals surface area contributed by atoms with Crippen molar-refractivity contribution in [2.24, 2.45) is 0 Å². The maximum absolute atomic E-state index is 14.8. The van der Waals surface area contributed by atoms with Crippen LogP contribution in [0.1, 0.15) is 30.5 Å². The number of fused-ring (bicyclic) bond motifs is 2. The lowest BCUT2D eigenvalue weighted by Gasteiger charge is -2.36. The van der Waals surface area contributed by atoms with Gasteiger partial charge < -0.3 is 15.0 Å². The number of nitrogens with zero attached hydrogens (tertiary/aromatic N) is 1. The zero-order chi connectivity index (χ0) is 22.8. The summed E-state index contributed by atoms with van der Waals surface area (Å²) < 4.78 is 21.1. The molecule has 0 radical (unpaired) electrons. The summed E-state index contributed by atoms with van der Waals surface area (Å²) in [5.74, 6) is 0.601. The van der Waals surface area contributed by atoms with Crippen molar-refractivity contribution in [1.29, 1.82) is 0 Å². The Bertz CT molecular complexity index is 1270. The Morgan fingerprint density at radius 3 is 2.64 bits per heavy atom. The molecule has 1 heterocycles. The van der Waals surface area contributed by atoms with Crippen molar-refractivity contribution in [3.05, 3.63) is 102 Å². The van der Waals surface area contributed by atoms with Crippen LogP contribution >= 0.6 is 0 Å². The van der Waals surface area contributed by atoms with Gasteiger partial charge in [0.2, 0.25) is 0 Å². The highest BCUT2D eigenvalue weighted by Crippen LogP contribution is 2.39. The molecular weight excluding hydrogens is 411 g/mol. The smallest absolute Gasteiger partial charge is 0.147 e. The fourth-order valence-electron chi connectivity index (χ4n) is 4.71. The minimum atomic E-state index is -0.201. The Hall–Kier alpha value is -3.37. The van der Waals surface area contributed by atoms with E-state index in [-0.39, 0.29) is 18.0 Å². The predicted octanol–water partition coefficient (Wildman–Crippen LogP) is 6.93. The molecule has 1 aliphatic rings. The van der Waals surface area contributed by atoms with E-state index >= 15 is 0 Å². The van der Waals surface area contributed by atoms with E-state index in [4.69, 9.17) is 4.74 Å². The second kappa shape index (κ2) is 9.24. The molecule has 4 aromatic carbocycles. The van der Waals surface area contributed by atoms with Crippen molar-refractivity contribution < 1.29 is 9.13 Å². The third-order valence-electron chi connectivity index (χ3n) is 6.44. The van der Waals surface area contributed by atoms with Crippen LogP contribution in [-0.4, -0.2) is 19.2 Å². The molecule has 5 rings (SSSR count). The van der Waals surface area contributed by atoms with Gasteiger partial charge in [-0.2, -0.15) is 0 Å². The van der Waals surface area contributed by atoms with Gasteiger partial charge in [-0.1, -0.05) is 60.7 Å². The number of halogens is 1. The molecule has 33 heavy (non-hydrogen) atoms. The van der Waals surface area contributed by atoms with Gasteiger partial charge in [-0.25, -0.2) is 4.39 Å². The van der Waals surface area contributed by atoms with Gasteiger partial charge >= 0.3 is 0 Å². The molecular formula is C29H29FN2O. The van der Waals surface area contributed by atoms with Gasteiger partial charge in [0, 0.05) is 6.04 Å². The van der Waals surface area contributed by atoms with Crippen molar-refractivity contribution in [3.63, 3.8) is 0 Å². The van der Waals surface area contributed by atoms with E-state index in [2.05, 4.69) is 54.7 Å². The van der Waals surface area contributed by atoms with Crippen LogP contribution in [0.3, 0.4) is 0 Å². The number of hydrogen-bond acceptors (Lipinski definition) is 3. The van der Waals surface area contributed by atoms with Crippen LogP contribution in [0.25, 0.3) is 10.8 Å². The zero-order valence-electron chi connectivity index (χ0n) is 19.1. The molecule has 0 amide bonds. The quantitative estimate of drug-likeness (QED) is 0.352. The lowest BCUT2D eigenvalue weighted by Crippen LogP contribution is -2.39. The zero-order valence-corrected chi connectivity index (χ0v) is 19.1. The first-order valence-electron chi connectivity index (χ1n) is 11.6. The molecule has 2 atom stereocenters. The summed E-state index contributed by atoms with van der Waals surface area (Å²) in [5.41, 5.74) is 3.72. The summed E-state index contributed by atoms with van der Waals surface area (Å²) in [6.45, 7) is 5.53. The predicted molar refractivity (Wildman–Crippen MR) is 134 cm³/mol. The van der Waals surface area contributed by atoms with E-state index in [1.165, 1.54) is 16.3 Å². The highest BCUT2D eigenvalue weighted by atomic mass is 19.1. The van der Waals surface area contributed by atoms with E-state index in [1.54, 1.807) is 6.07 Å². The van der Waals surface area contributed by atoms with Gasteiger partial charge in [-0.3, -0.25) is 0 Å². The van der Waals surface area contributed by atoms with Crippen LogP contribution in [-0.2, 0) is 0 Å². The lowest BCUT2D eigenvalue weighted by atomic mass is 9.99. The van der Waals surface area contributed by atoms with Crippen LogP contribution in [0.15, 0.2) is 84.9 Å². The second-order valence-electron chi connectivity index (χ2n) is 8.81. The first-order valence-corrected chi connectivity index (χ1v) is 11.6. The molecule has 4 heteroatoms. The van der Waals surface area contributed by atoms with E-state index in [1.807, 2.05) is 48.2 Å². The van der Waals surface area contributed by atoms with Crippen molar-refractivity contribution >= 4 is 22.1 Å². The largest absolute Gasteiger partial charge is 0.486 e. The topological polar surface area (TPSA) is 24.5 Å². The molecule has 1 aliphatic heterocycles. The van der Waals surface area contributed by atoms with Crippen molar-refractivity contribution in [2.75, 3.05) is 18.0 Å². The third-order valence-corrected chi connectivity index (χ3v) is 6.44. The summed E-state index contributed by atoms with van der Waals surface area (Å²) in [5, 5.41) is 6.20. The van der Waals surface area contributed by atoms with Gasteiger partial charge in [0.25, 0.3) is 0 Å². The van der Waals surface area contributed by atoms with Crippen LogP contribution in [0.4, 0.5) is 15.8 Å². The average Bonchev–Trinajstić information content (AvgIpc) is 2.83. The van der Waals surface area contributed by atoms with Crippen molar-refractivity contribution in [1.82, 2.24) is 5.32 Å². The molecule has 1 unspecified atom stereocenters. The maximum Gasteiger partial charge on any atom is 0.147 e. The Labute approximate surface area is 194 Å². The molecule has 0 aliphatic carbocycles. The molecule has 3 nitrogen and oxygen atoms in total. The summed E-state index contributed by atoms with van der Waals surface area (Å²) in [6.07, 6.45) is 0.792. The van der Waals surface area contributed by atoms with Gasteiger partial charge in [0.05, 0.1) is 17.9 Å². The van der Waals surface area contributed by atoms with Gasteiger partial charge in [0.15, 0.2) is 0 Å². The van der Waals surface area contributed by atoms with Crippen LogP contribution in [0, 0.1) is 12.7 Å². The van der Waals surface area contributed by atoms with Crippen LogP contribution in [0.5, 0.6) is 5.75 Å². The Morgan fingerprint density at radius 1 is 0.970 bits per heavy atom. The number of benzene rings is 4. The number of anilines is 2. The molecule has 4 aromatic rings. The molecule has 0 fully saturated rings. The first kappa shape index (κ1) is 21.5. The third kappa shape index (κ3) is 4.44. The SMILES string of the molecule is Cc1ccc(N2CC(CCN[C@H](C)c3cccc4ccccc34)Oc3ccccc32)c(F)c1. The Morgan fingerprint density at radius 2 is 1.76 bits per heavy atom. The summed E-state index contributed by atoms with van der Waals surface area (Å²) in [4.78, 5) is 2.05. The maximum atomic E-state index is 14.8. The molecule has 0 bridgehead atoms. The first-order chi connectivity index (χ1) is 16.1. The number of para-hydroxylation sites is 2. The summed E-state index contributed by atoms with van der Waals surface area (Å²) >= 11 is 0. The molecule has 0 saturated carbocycles. The summed E-state index contributed by atoms with van der Waals surface area (Å²) in [7, 11) is 0. The monoisotopic (exact) mass is 440 g/mol. The normalized spacial score (nSPS) is 16.3. The van der Waals surface area contributed by atoms with Crippen LogP contribution < -0.4 is 15.0 Å².